The van der Waals surface area contributed by atoms with Crippen molar-refractivity contribution in [3.05, 3.63) is 72.9 Å². The SMILES string of the molecule is [Br-].c1ccc(-[n+]2cccc3ccccc32)cc1. The first-order valence-corrected chi connectivity index (χ1v) is 5.40. The van der Waals surface area contributed by atoms with Gasteiger partial charge in [0.1, 0.15) is 0 Å². The molecule has 84 valence electrons. The summed E-state index contributed by atoms with van der Waals surface area (Å²) in [4.78, 5) is 0. The van der Waals surface area contributed by atoms with Crippen LogP contribution in [0.25, 0.3) is 16.6 Å². The molecular weight excluding hydrogens is 274 g/mol. The average Bonchev–Trinajstić information content (AvgIpc) is 2.39. The molecule has 0 amide bonds. The summed E-state index contributed by atoms with van der Waals surface area (Å²) in [6.07, 6.45) is 2.09. The minimum atomic E-state index is 0. The number of hydrogen-bond acceptors (Lipinski definition) is 0. The maximum absolute atomic E-state index is 2.20. The second-order valence-corrected chi connectivity index (χ2v) is 3.77. The number of aromatic nitrogens is 1. The first kappa shape index (κ1) is 11.8. The molecular formula is C15H12BrN. The molecule has 0 aliphatic rings. The van der Waals surface area contributed by atoms with Crippen LogP contribution in [0, 0.1) is 0 Å². The Morgan fingerprint density at radius 2 is 1.29 bits per heavy atom. The number of hydrogen-bond donors (Lipinski definition) is 0. The molecule has 0 aliphatic carbocycles. The molecule has 0 saturated carbocycles. The number of fused-ring (bicyclic) bond motifs is 1. The van der Waals surface area contributed by atoms with Crippen LogP contribution < -0.4 is 21.5 Å². The lowest BCUT2D eigenvalue weighted by Crippen LogP contribution is -3.00. The van der Waals surface area contributed by atoms with Gasteiger partial charge in [0.15, 0.2) is 6.20 Å². The van der Waals surface area contributed by atoms with Crippen LogP contribution in [0.4, 0.5) is 0 Å². The van der Waals surface area contributed by atoms with Gasteiger partial charge in [0.2, 0.25) is 11.2 Å². The fraction of sp³-hybridized carbons (Fsp3) is 0. The van der Waals surface area contributed by atoms with Crippen LogP contribution in [-0.2, 0) is 0 Å². The van der Waals surface area contributed by atoms with E-state index in [1.54, 1.807) is 0 Å². The number of benzene rings is 2. The van der Waals surface area contributed by atoms with Crippen molar-refractivity contribution in [1.82, 2.24) is 0 Å². The molecule has 3 rings (SSSR count). The van der Waals surface area contributed by atoms with Gasteiger partial charge >= 0.3 is 0 Å². The minimum Gasteiger partial charge on any atom is -1.00 e. The minimum absolute atomic E-state index is 0. The van der Waals surface area contributed by atoms with Crippen LogP contribution in [0.5, 0.6) is 0 Å². The third-order valence-corrected chi connectivity index (χ3v) is 2.74. The van der Waals surface area contributed by atoms with Crippen LogP contribution >= 0.6 is 0 Å². The van der Waals surface area contributed by atoms with Crippen LogP contribution in [-0.4, -0.2) is 0 Å². The van der Waals surface area contributed by atoms with Crippen LogP contribution in [0.2, 0.25) is 0 Å². The zero-order chi connectivity index (χ0) is 10.8. The van der Waals surface area contributed by atoms with Gasteiger partial charge < -0.3 is 17.0 Å². The second-order valence-electron chi connectivity index (χ2n) is 3.77. The summed E-state index contributed by atoms with van der Waals surface area (Å²) in [5.74, 6) is 0. The third kappa shape index (κ3) is 2.22. The van der Waals surface area contributed by atoms with Crippen molar-refractivity contribution in [3.63, 3.8) is 0 Å². The Morgan fingerprint density at radius 1 is 0.647 bits per heavy atom. The van der Waals surface area contributed by atoms with Gasteiger partial charge in [-0.2, -0.15) is 4.57 Å². The van der Waals surface area contributed by atoms with Gasteiger partial charge in [-0.15, -0.1) is 0 Å². The second kappa shape index (κ2) is 5.11. The molecule has 0 saturated heterocycles. The largest absolute Gasteiger partial charge is 1.00 e. The Morgan fingerprint density at radius 3 is 2.12 bits per heavy atom. The molecule has 2 aromatic carbocycles. The molecule has 0 atom stereocenters. The molecule has 0 N–H and O–H groups in total. The fourth-order valence-corrected chi connectivity index (χ4v) is 1.97. The molecule has 0 spiro atoms. The average molecular weight is 286 g/mol. The van der Waals surface area contributed by atoms with Gasteiger partial charge in [0.05, 0.1) is 0 Å². The van der Waals surface area contributed by atoms with E-state index in [4.69, 9.17) is 0 Å². The number of para-hydroxylation sites is 2. The standard InChI is InChI=1S/C15H12N.BrH/c1-2-9-14(10-3-1)16-12-6-8-13-7-4-5-11-15(13)16;/h1-12H;1H/q+1;/p-1. The molecule has 0 bridgehead atoms. The molecule has 1 nitrogen and oxygen atoms in total. The van der Waals surface area contributed by atoms with Crippen molar-refractivity contribution in [3.8, 4) is 5.69 Å². The van der Waals surface area contributed by atoms with E-state index >= 15 is 0 Å². The van der Waals surface area contributed by atoms with E-state index in [-0.39, 0.29) is 17.0 Å². The highest BCUT2D eigenvalue weighted by molar-refractivity contribution is 5.75. The van der Waals surface area contributed by atoms with Crippen molar-refractivity contribution in [2.75, 3.05) is 0 Å². The lowest BCUT2D eigenvalue weighted by molar-refractivity contribution is -0.567. The molecule has 0 fully saturated rings. The van der Waals surface area contributed by atoms with Gasteiger partial charge in [-0.1, -0.05) is 30.3 Å². The molecule has 0 radical (unpaired) electrons. The van der Waals surface area contributed by atoms with Crippen molar-refractivity contribution in [2.45, 2.75) is 0 Å². The summed E-state index contributed by atoms with van der Waals surface area (Å²) in [5, 5.41) is 1.26. The predicted molar refractivity (Wildman–Crippen MR) is 65.5 cm³/mol. The first-order chi connectivity index (χ1) is 7.95. The van der Waals surface area contributed by atoms with E-state index in [1.807, 2.05) is 6.07 Å². The zero-order valence-electron chi connectivity index (χ0n) is 9.25. The van der Waals surface area contributed by atoms with Crippen LogP contribution in [0.3, 0.4) is 0 Å². The van der Waals surface area contributed by atoms with Crippen molar-refractivity contribution < 1.29 is 21.5 Å². The van der Waals surface area contributed by atoms with Gasteiger partial charge in [-0.3, -0.25) is 0 Å². The molecule has 1 aromatic heterocycles. The Hall–Kier alpha value is -1.67. The van der Waals surface area contributed by atoms with E-state index in [1.165, 1.54) is 16.6 Å². The Bertz CT molecular complexity index is 615. The molecule has 2 heteroatoms. The highest BCUT2D eigenvalue weighted by atomic mass is 79.9. The van der Waals surface area contributed by atoms with E-state index in [0.717, 1.165) is 0 Å². The summed E-state index contributed by atoms with van der Waals surface area (Å²) < 4.78 is 2.20. The fourth-order valence-electron chi connectivity index (χ4n) is 1.97. The summed E-state index contributed by atoms with van der Waals surface area (Å²) >= 11 is 0. The molecule has 0 aliphatic heterocycles. The van der Waals surface area contributed by atoms with Gasteiger partial charge in [-0.25, -0.2) is 0 Å². The van der Waals surface area contributed by atoms with Gasteiger partial charge in [0, 0.05) is 29.7 Å². The number of halogens is 1. The lowest BCUT2D eigenvalue weighted by Gasteiger charge is -1.99. The zero-order valence-corrected chi connectivity index (χ0v) is 10.8. The highest BCUT2D eigenvalue weighted by Gasteiger charge is 2.09. The Labute approximate surface area is 111 Å². The quantitative estimate of drug-likeness (QED) is 0.560. The summed E-state index contributed by atoms with van der Waals surface area (Å²) in [6, 6.07) is 23.0. The maximum Gasteiger partial charge on any atom is 0.218 e. The molecule has 1 heterocycles. The third-order valence-electron chi connectivity index (χ3n) is 2.74. The predicted octanol–water partition coefficient (Wildman–Crippen LogP) is 0.121. The van der Waals surface area contributed by atoms with Crippen molar-refractivity contribution in [2.24, 2.45) is 0 Å². The van der Waals surface area contributed by atoms with E-state index in [0.29, 0.717) is 0 Å². The van der Waals surface area contributed by atoms with E-state index in [9.17, 15) is 0 Å². The van der Waals surface area contributed by atoms with Crippen LogP contribution in [0.1, 0.15) is 0 Å². The van der Waals surface area contributed by atoms with Crippen LogP contribution in [0.15, 0.2) is 72.9 Å². The summed E-state index contributed by atoms with van der Waals surface area (Å²) in [7, 11) is 0. The van der Waals surface area contributed by atoms with E-state index < -0.39 is 0 Å². The van der Waals surface area contributed by atoms with Gasteiger partial charge in [-0.05, 0) is 12.1 Å². The smallest absolute Gasteiger partial charge is 0.218 e. The molecule has 0 unspecified atom stereocenters. The monoisotopic (exact) mass is 285 g/mol. The topological polar surface area (TPSA) is 3.88 Å². The molecule has 3 aromatic rings. The normalized spacial score (nSPS) is 9.88. The number of rotatable bonds is 1. The number of pyridine rings is 1. The summed E-state index contributed by atoms with van der Waals surface area (Å²) in [5.41, 5.74) is 2.43. The Kier molecular flexibility index (Phi) is 3.55. The summed E-state index contributed by atoms with van der Waals surface area (Å²) in [6.45, 7) is 0. The Balaban J connectivity index is 0.00000108. The highest BCUT2D eigenvalue weighted by Crippen LogP contribution is 2.10. The van der Waals surface area contributed by atoms with E-state index in [2.05, 4.69) is 71.4 Å². The number of nitrogens with zero attached hydrogens (tertiary/aromatic N) is 1. The van der Waals surface area contributed by atoms with Crippen molar-refractivity contribution in [1.29, 1.82) is 0 Å². The first-order valence-electron chi connectivity index (χ1n) is 5.40. The molecule has 17 heavy (non-hydrogen) atoms. The maximum atomic E-state index is 2.20. The lowest BCUT2D eigenvalue weighted by atomic mass is 10.2. The van der Waals surface area contributed by atoms with Gasteiger partial charge in [0.25, 0.3) is 0 Å². The van der Waals surface area contributed by atoms with Crippen molar-refractivity contribution >= 4 is 10.9 Å².